The molecule has 55 heavy (non-hydrogen) atoms. The lowest BCUT2D eigenvalue weighted by Gasteiger charge is -2.36. The normalized spacial score (nSPS) is 21.2. The summed E-state index contributed by atoms with van der Waals surface area (Å²) in [6.07, 6.45) is 3.76. The van der Waals surface area contributed by atoms with Gasteiger partial charge in [-0.05, 0) is 110 Å². The van der Waals surface area contributed by atoms with Crippen LogP contribution in [0.1, 0.15) is 82.1 Å². The van der Waals surface area contributed by atoms with Crippen LogP contribution >= 0.6 is 0 Å². The van der Waals surface area contributed by atoms with Crippen molar-refractivity contribution in [3.8, 4) is 17.2 Å². The predicted molar refractivity (Wildman–Crippen MR) is 206 cm³/mol. The van der Waals surface area contributed by atoms with Crippen LogP contribution in [-0.4, -0.2) is 84.6 Å². The first-order valence-electron chi connectivity index (χ1n) is 19.4. The van der Waals surface area contributed by atoms with Gasteiger partial charge in [-0.2, -0.15) is 0 Å². The number of amides is 3. The maximum Gasteiger partial charge on any atom is 0.255 e. The number of piperazine rings is 1. The second kappa shape index (κ2) is 15.7. The number of unbranched alkanes of at least 4 members (excludes halogenated alkanes) is 2. The van der Waals surface area contributed by atoms with E-state index in [1.807, 2.05) is 43.3 Å². The number of benzene rings is 4. The number of hydrogen-bond donors (Lipinski definition) is 2. The largest absolute Gasteiger partial charge is 0.508 e. The molecule has 2 saturated heterocycles. The molecule has 2 unspecified atom stereocenters. The molecule has 0 spiro atoms. The van der Waals surface area contributed by atoms with Gasteiger partial charge < -0.3 is 24.4 Å². The fourth-order valence-electron chi connectivity index (χ4n) is 8.70. The standard InChI is InChI=1S/C44H47FN4O6/c1-28-23-31(45)7-12-35(28)38-27-55-40-25-33(50)9-14-37(40)42(38)29-5-10-34(11-6-29)54-22-4-2-3-17-47-18-20-48(21-19-47)32-8-13-36-30(24-32)26-49(44(36)53)39-15-16-41(51)46-43(39)52/h5-14,23-25,38-39,42,50H,2-4,15-22,26-27H2,1H3,(H,46,51,52)/t38-,39?,42?/m1/s1. The van der Waals surface area contributed by atoms with Gasteiger partial charge in [0.1, 0.15) is 29.1 Å². The minimum absolute atomic E-state index is 0.0155. The topological polar surface area (TPSA) is 112 Å². The Labute approximate surface area is 320 Å². The monoisotopic (exact) mass is 746 g/mol. The Hall–Kier alpha value is -5.42. The lowest BCUT2D eigenvalue weighted by atomic mass is 9.75. The summed E-state index contributed by atoms with van der Waals surface area (Å²) in [4.78, 5) is 43.6. The number of nitrogens with zero attached hydrogens (tertiary/aromatic N) is 3. The molecule has 8 rings (SSSR count). The van der Waals surface area contributed by atoms with E-state index in [2.05, 4.69) is 33.3 Å². The van der Waals surface area contributed by atoms with Crippen molar-refractivity contribution in [3.63, 3.8) is 0 Å². The number of aromatic hydroxyl groups is 1. The second-order valence-corrected chi connectivity index (χ2v) is 15.2. The molecule has 286 valence electrons. The molecular weight excluding hydrogens is 700 g/mol. The number of halogens is 1. The Balaban J connectivity index is 0.785. The second-order valence-electron chi connectivity index (χ2n) is 15.2. The van der Waals surface area contributed by atoms with Crippen LogP contribution in [0.2, 0.25) is 0 Å². The number of piperidine rings is 1. The van der Waals surface area contributed by atoms with E-state index in [0.29, 0.717) is 37.5 Å². The van der Waals surface area contributed by atoms with Crippen molar-refractivity contribution < 1.29 is 33.4 Å². The number of anilines is 1. The zero-order valence-electron chi connectivity index (χ0n) is 31.1. The maximum atomic E-state index is 14.0. The first kappa shape index (κ1) is 36.6. The van der Waals surface area contributed by atoms with Crippen molar-refractivity contribution in [3.05, 3.63) is 118 Å². The summed E-state index contributed by atoms with van der Waals surface area (Å²) in [7, 11) is 0. The highest BCUT2D eigenvalue weighted by molar-refractivity contribution is 6.05. The number of nitrogens with one attached hydrogen (secondary N) is 1. The van der Waals surface area contributed by atoms with Crippen molar-refractivity contribution >= 4 is 23.4 Å². The number of rotatable bonds is 11. The molecule has 0 saturated carbocycles. The van der Waals surface area contributed by atoms with Crippen LogP contribution < -0.4 is 19.7 Å². The van der Waals surface area contributed by atoms with E-state index < -0.39 is 6.04 Å². The summed E-state index contributed by atoms with van der Waals surface area (Å²) in [6, 6.07) is 23.8. The summed E-state index contributed by atoms with van der Waals surface area (Å²) in [5.41, 5.74) is 6.72. The van der Waals surface area contributed by atoms with E-state index in [4.69, 9.17) is 9.47 Å². The Morgan fingerprint density at radius 3 is 2.47 bits per heavy atom. The Kier molecular flexibility index (Phi) is 10.5. The van der Waals surface area contributed by atoms with Crippen LogP contribution in [0.3, 0.4) is 0 Å². The summed E-state index contributed by atoms with van der Waals surface area (Å²) in [5.74, 6) is 0.554. The maximum absolute atomic E-state index is 14.0. The van der Waals surface area contributed by atoms with Gasteiger partial charge in [-0.15, -0.1) is 0 Å². The fraction of sp³-hybridized carbons (Fsp3) is 0.386. The average Bonchev–Trinajstić information content (AvgIpc) is 3.51. The summed E-state index contributed by atoms with van der Waals surface area (Å²) < 4.78 is 26.2. The smallest absolute Gasteiger partial charge is 0.255 e. The molecule has 0 radical (unpaired) electrons. The molecule has 4 aromatic carbocycles. The summed E-state index contributed by atoms with van der Waals surface area (Å²) in [6.45, 7) is 8.21. The number of carbonyl (C=O) groups is 3. The zero-order valence-corrected chi connectivity index (χ0v) is 31.1. The highest BCUT2D eigenvalue weighted by atomic mass is 19.1. The molecule has 3 atom stereocenters. The number of ether oxygens (including phenoxy) is 2. The number of imide groups is 1. The first-order valence-corrected chi connectivity index (χ1v) is 19.4. The molecule has 11 heteroatoms. The SMILES string of the molecule is Cc1cc(F)ccc1[C@H]1COc2cc(O)ccc2C1c1ccc(OCCCCCN2CCN(c3ccc4c(c3)CN(C3CCC(=O)NC3=O)C4=O)CC2)cc1. The molecule has 2 N–H and O–H groups in total. The third-order valence-corrected chi connectivity index (χ3v) is 11.7. The molecule has 4 heterocycles. The highest BCUT2D eigenvalue weighted by Crippen LogP contribution is 2.48. The number of phenols is 1. The van der Waals surface area contributed by atoms with Gasteiger partial charge in [-0.25, -0.2) is 4.39 Å². The van der Waals surface area contributed by atoms with Gasteiger partial charge in [0.05, 0.1) is 13.2 Å². The van der Waals surface area contributed by atoms with E-state index >= 15 is 0 Å². The van der Waals surface area contributed by atoms with Crippen LogP contribution in [-0.2, 0) is 16.1 Å². The molecule has 0 aliphatic carbocycles. The number of phenolic OH excluding ortho intramolecular Hbond substituents is 1. The van der Waals surface area contributed by atoms with Crippen LogP contribution in [0.4, 0.5) is 10.1 Å². The third-order valence-electron chi connectivity index (χ3n) is 11.7. The van der Waals surface area contributed by atoms with Gasteiger partial charge in [-0.3, -0.25) is 24.6 Å². The minimum atomic E-state index is -0.601. The molecular formula is C44H47FN4O6. The van der Waals surface area contributed by atoms with Crippen molar-refractivity contribution in [2.45, 2.75) is 63.5 Å². The van der Waals surface area contributed by atoms with Crippen LogP contribution in [0, 0.1) is 12.7 Å². The minimum Gasteiger partial charge on any atom is -0.508 e. The third kappa shape index (κ3) is 7.76. The van der Waals surface area contributed by atoms with Crippen LogP contribution in [0.15, 0.2) is 78.9 Å². The molecule has 3 amide bonds. The van der Waals surface area contributed by atoms with E-state index in [0.717, 1.165) is 91.2 Å². The summed E-state index contributed by atoms with van der Waals surface area (Å²) >= 11 is 0. The lowest BCUT2D eigenvalue weighted by molar-refractivity contribution is -0.136. The van der Waals surface area contributed by atoms with Crippen molar-refractivity contribution in [1.29, 1.82) is 0 Å². The van der Waals surface area contributed by atoms with E-state index in [1.54, 1.807) is 23.1 Å². The molecule has 4 aliphatic heterocycles. The number of hydrogen-bond acceptors (Lipinski definition) is 8. The van der Waals surface area contributed by atoms with Crippen molar-refractivity contribution in [1.82, 2.24) is 15.1 Å². The van der Waals surface area contributed by atoms with Crippen LogP contribution in [0.25, 0.3) is 0 Å². The van der Waals surface area contributed by atoms with Gasteiger partial charge in [0, 0.05) is 73.9 Å². The van der Waals surface area contributed by atoms with Gasteiger partial charge in [0.2, 0.25) is 11.8 Å². The average molecular weight is 747 g/mol. The van der Waals surface area contributed by atoms with Gasteiger partial charge >= 0.3 is 0 Å². The number of fused-ring (bicyclic) bond motifs is 2. The number of carbonyl (C=O) groups excluding carboxylic acids is 3. The zero-order chi connectivity index (χ0) is 38.1. The number of aryl methyl sites for hydroxylation is 1. The van der Waals surface area contributed by atoms with Gasteiger partial charge in [0.15, 0.2) is 0 Å². The predicted octanol–water partition coefficient (Wildman–Crippen LogP) is 6.28. The molecule has 4 aromatic rings. The van der Waals surface area contributed by atoms with Gasteiger partial charge in [0.25, 0.3) is 5.91 Å². The van der Waals surface area contributed by atoms with Crippen LogP contribution in [0.5, 0.6) is 17.2 Å². The molecule has 4 aliphatic rings. The van der Waals surface area contributed by atoms with Crippen molar-refractivity contribution in [2.75, 3.05) is 50.8 Å². The highest BCUT2D eigenvalue weighted by Gasteiger charge is 2.39. The Morgan fingerprint density at radius 1 is 0.891 bits per heavy atom. The summed E-state index contributed by atoms with van der Waals surface area (Å²) in [5, 5.41) is 12.5. The van der Waals surface area contributed by atoms with Crippen molar-refractivity contribution in [2.24, 2.45) is 0 Å². The fourth-order valence-corrected chi connectivity index (χ4v) is 8.70. The molecule has 0 aromatic heterocycles. The Morgan fingerprint density at radius 2 is 1.69 bits per heavy atom. The molecule has 10 nitrogen and oxygen atoms in total. The van der Waals surface area contributed by atoms with E-state index in [1.165, 1.54) is 6.07 Å². The lowest BCUT2D eigenvalue weighted by Crippen LogP contribution is -2.52. The molecule has 0 bridgehead atoms. The Bertz CT molecular complexity index is 2080. The van der Waals surface area contributed by atoms with Gasteiger partial charge in [-0.1, -0.05) is 24.3 Å². The molecule has 2 fully saturated rings. The van der Waals surface area contributed by atoms with E-state index in [-0.39, 0.29) is 47.5 Å². The van der Waals surface area contributed by atoms with E-state index in [9.17, 15) is 23.9 Å². The first-order chi connectivity index (χ1) is 26.7. The quantitative estimate of drug-likeness (QED) is 0.136.